The average molecular weight is 598 g/mol. The molecule has 1 atom stereocenters. The Morgan fingerprint density at radius 1 is 0.977 bits per heavy atom. The van der Waals surface area contributed by atoms with E-state index in [1.165, 1.54) is 11.3 Å². The number of hydrogen-bond acceptors (Lipinski definition) is 8. The third-order valence-corrected chi connectivity index (χ3v) is 7.59. The smallest absolute Gasteiger partial charge is 0.338 e. The van der Waals surface area contributed by atoms with E-state index in [-0.39, 0.29) is 24.3 Å². The molecule has 0 spiro atoms. The summed E-state index contributed by atoms with van der Waals surface area (Å²) in [6.07, 6.45) is 2.55. The lowest BCUT2D eigenvalue weighted by atomic mass is 9.92. The van der Waals surface area contributed by atoms with E-state index < -0.39 is 17.9 Å². The number of benzene rings is 3. The molecule has 1 aliphatic rings. The quantitative estimate of drug-likeness (QED) is 0.264. The first-order chi connectivity index (χ1) is 20.9. The molecule has 2 heterocycles. The fraction of sp³-hybridized carbons (Fsp3) is 0.212. The number of carbonyl (C=O) groups is 2. The number of hydrogen-bond donors (Lipinski definition) is 1. The van der Waals surface area contributed by atoms with Gasteiger partial charge >= 0.3 is 5.97 Å². The minimum atomic E-state index is -0.842. The molecule has 220 valence electrons. The molecule has 2 N–H and O–H groups in total. The summed E-state index contributed by atoms with van der Waals surface area (Å²) in [6, 6.07) is 22.9. The second-order valence-electron chi connectivity index (χ2n) is 9.64. The van der Waals surface area contributed by atoms with Crippen LogP contribution in [0.5, 0.6) is 11.5 Å². The molecule has 1 amide bonds. The highest BCUT2D eigenvalue weighted by Crippen LogP contribution is 2.38. The highest BCUT2D eigenvalue weighted by Gasteiger charge is 2.36. The Balaban J connectivity index is 1.73. The van der Waals surface area contributed by atoms with E-state index >= 15 is 0 Å². The highest BCUT2D eigenvalue weighted by atomic mass is 32.1. The lowest BCUT2D eigenvalue weighted by molar-refractivity contribution is -0.138. The number of carbonyl (C=O) groups excluding carboxylic acids is 2. The van der Waals surface area contributed by atoms with Gasteiger partial charge in [0, 0.05) is 11.1 Å². The molecule has 0 radical (unpaired) electrons. The second-order valence-corrected chi connectivity index (χ2v) is 10.7. The topological polar surface area (TPSA) is 122 Å². The molecule has 9 nitrogen and oxygen atoms in total. The van der Waals surface area contributed by atoms with Gasteiger partial charge in [0.05, 0.1) is 29.0 Å². The van der Waals surface area contributed by atoms with Crippen molar-refractivity contribution in [2.24, 2.45) is 10.7 Å². The summed E-state index contributed by atoms with van der Waals surface area (Å²) in [5, 5.41) is 0. The fourth-order valence-corrected chi connectivity index (χ4v) is 5.75. The Kier molecular flexibility index (Phi) is 9.17. The minimum absolute atomic E-state index is 0.161. The van der Waals surface area contributed by atoms with Crippen molar-refractivity contribution in [2.75, 3.05) is 19.8 Å². The van der Waals surface area contributed by atoms with E-state index in [0.29, 0.717) is 38.7 Å². The van der Waals surface area contributed by atoms with Crippen LogP contribution in [-0.4, -0.2) is 36.3 Å². The standard InChI is InChI=1S/C33H31N3O6S/c1-3-18-41-25-13-9-8-12-24(25)30-28(32(39)40-4-2)29(22-10-6-5-7-11-22)35-33-36(30)31(38)26(43-33)19-21-14-16-23(17-15-21)42-20-27(34)37/h5-17,19,30H,3-4,18,20H2,1-2H3,(H2,34,37)/b26-19+/t30-/m1/s1. The first-order valence-electron chi connectivity index (χ1n) is 13.9. The summed E-state index contributed by atoms with van der Waals surface area (Å²) in [6.45, 7) is 4.16. The van der Waals surface area contributed by atoms with Gasteiger partial charge in [0.25, 0.3) is 11.5 Å². The van der Waals surface area contributed by atoms with Crippen LogP contribution in [0.2, 0.25) is 0 Å². The minimum Gasteiger partial charge on any atom is -0.493 e. The number of para-hydroxylation sites is 1. The summed E-state index contributed by atoms with van der Waals surface area (Å²) in [5.41, 5.74) is 7.69. The molecule has 3 aromatic carbocycles. The van der Waals surface area contributed by atoms with Crippen LogP contribution in [0.3, 0.4) is 0 Å². The molecule has 0 bridgehead atoms. The van der Waals surface area contributed by atoms with Crippen LogP contribution in [0.25, 0.3) is 11.8 Å². The maximum absolute atomic E-state index is 14.1. The third-order valence-electron chi connectivity index (χ3n) is 6.61. The molecular formula is C33H31N3O6S. The van der Waals surface area contributed by atoms with Gasteiger partial charge < -0.3 is 19.9 Å². The Morgan fingerprint density at radius 2 is 1.70 bits per heavy atom. The van der Waals surface area contributed by atoms with Gasteiger partial charge in [-0.15, -0.1) is 0 Å². The fourth-order valence-electron chi connectivity index (χ4n) is 4.75. The Labute approximate surface area is 252 Å². The van der Waals surface area contributed by atoms with Crippen molar-refractivity contribution in [1.82, 2.24) is 4.57 Å². The zero-order valence-electron chi connectivity index (χ0n) is 23.8. The first kappa shape index (κ1) is 29.5. The molecule has 1 aliphatic heterocycles. The van der Waals surface area contributed by atoms with Crippen molar-refractivity contribution in [3.63, 3.8) is 0 Å². The number of rotatable bonds is 11. The summed E-state index contributed by atoms with van der Waals surface area (Å²) in [4.78, 5) is 44.2. The van der Waals surface area contributed by atoms with E-state index in [2.05, 4.69) is 0 Å². The van der Waals surface area contributed by atoms with Gasteiger partial charge in [-0.2, -0.15) is 0 Å². The summed E-state index contributed by atoms with van der Waals surface area (Å²) < 4.78 is 19.0. The number of nitrogens with two attached hydrogens (primary N) is 1. The molecule has 43 heavy (non-hydrogen) atoms. The third kappa shape index (κ3) is 6.44. The number of thiazole rings is 1. The number of nitrogens with zero attached hydrogens (tertiary/aromatic N) is 2. The van der Waals surface area contributed by atoms with Gasteiger partial charge in [0.1, 0.15) is 17.5 Å². The summed E-state index contributed by atoms with van der Waals surface area (Å²) >= 11 is 1.23. The Bertz CT molecular complexity index is 1840. The van der Waals surface area contributed by atoms with Crippen molar-refractivity contribution >= 4 is 35.0 Å². The van der Waals surface area contributed by atoms with Crippen LogP contribution in [0.15, 0.2) is 94.2 Å². The molecular weight excluding hydrogens is 566 g/mol. The SMILES string of the molecule is CCCOc1ccccc1[C@@H]1C(C(=O)OCC)=C(c2ccccc2)N=c2s/c(=C/c3ccc(OCC(N)=O)cc3)c(=O)n21. The van der Waals surface area contributed by atoms with E-state index in [0.717, 1.165) is 17.5 Å². The van der Waals surface area contributed by atoms with Gasteiger partial charge in [0.15, 0.2) is 11.4 Å². The molecule has 10 heteroatoms. The van der Waals surface area contributed by atoms with Crippen molar-refractivity contribution in [2.45, 2.75) is 26.3 Å². The summed E-state index contributed by atoms with van der Waals surface area (Å²) in [5.74, 6) is -0.0704. The number of aromatic nitrogens is 1. The predicted octanol–water partition coefficient (Wildman–Crippen LogP) is 3.59. The van der Waals surface area contributed by atoms with Gasteiger partial charge in [-0.1, -0.05) is 78.9 Å². The number of ether oxygens (including phenoxy) is 3. The zero-order valence-corrected chi connectivity index (χ0v) is 24.6. The largest absolute Gasteiger partial charge is 0.493 e. The van der Waals surface area contributed by atoms with Crippen molar-refractivity contribution in [3.8, 4) is 11.5 Å². The molecule has 0 unspecified atom stereocenters. The molecule has 0 fully saturated rings. The van der Waals surface area contributed by atoms with Crippen LogP contribution in [0, 0.1) is 0 Å². The van der Waals surface area contributed by atoms with Crippen molar-refractivity contribution in [1.29, 1.82) is 0 Å². The van der Waals surface area contributed by atoms with E-state index in [4.69, 9.17) is 24.9 Å². The lowest BCUT2D eigenvalue weighted by Gasteiger charge is -2.27. The second kappa shape index (κ2) is 13.3. The predicted molar refractivity (Wildman–Crippen MR) is 164 cm³/mol. The molecule has 4 aromatic rings. The molecule has 0 aliphatic carbocycles. The highest BCUT2D eigenvalue weighted by molar-refractivity contribution is 7.07. The van der Waals surface area contributed by atoms with Crippen LogP contribution < -0.4 is 30.1 Å². The zero-order chi connectivity index (χ0) is 30.3. The lowest BCUT2D eigenvalue weighted by Crippen LogP contribution is -2.40. The number of fused-ring (bicyclic) bond motifs is 1. The maximum Gasteiger partial charge on any atom is 0.338 e. The summed E-state index contributed by atoms with van der Waals surface area (Å²) in [7, 11) is 0. The normalized spacial score (nSPS) is 14.6. The van der Waals surface area contributed by atoms with E-state index in [9.17, 15) is 14.4 Å². The van der Waals surface area contributed by atoms with Crippen LogP contribution >= 0.6 is 11.3 Å². The van der Waals surface area contributed by atoms with Crippen LogP contribution in [0.1, 0.15) is 43.0 Å². The van der Waals surface area contributed by atoms with E-state index in [1.54, 1.807) is 41.8 Å². The van der Waals surface area contributed by atoms with E-state index in [1.807, 2.05) is 61.5 Å². The van der Waals surface area contributed by atoms with Gasteiger partial charge in [-0.3, -0.25) is 14.2 Å². The molecule has 0 saturated heterocycles. The first-order valence-corrected chi connectivity index (χ1v) is 14.7. The monoisotopic (exact) mass is 597 g/mol. The number of esters is 1. The van der Waals surface area contributed by atoms with Gasteiger partial charge in [-0.05, 0) is 43.2 Å². The maximum atomic E-state index is 14.1. The van der Waals surface area contributed by atoms with Gasteiger partial charge in [0.2, 0.25) is 0 Å². The molecule has 5 rings (SSSR count). The average Bonchev–Trinajstić information content (AvgIpc) is 3.33. The Morgan fingerprint density at radius 3 is 2.40 bits per heavy atom. The Hall–Kier alpha value is -4.96. The van der Waals surface area contributed by atoms with Crippen LogP contribution in [0.4, 0.5) is 0 Å². The molecule has 0 saturated carbocycles. The molecule has 1 aromatic heterocycles. The van der Waals surface area contributed by atoms with Crippen molar-refractivity contribution < 1.29 is 23.8 Å². The van der Waals surface area contributed by atoms with Crippen LogP contribution in [-0.2, 0) is 14.3 Å². The van der Waals surface area contributed by atoms with Crippen molar-refractivity contribution in [3.05, 3.63) is 121 Å². The number of primary amides is 1. The number of amides is 1. The van der Waals surface area contributed by atoms with Gasteiger partial charge in [-0.25, -0.2) is 9.79 Å².